The van der Waals surface area contributed by atoms with Crippen LogP contribution in [0.4, 0.5) is 22.0 Å². The van der Waals surface area contributed by atoms with E-state index >= 15 is 0 Å². The predicted octanol–water partition coefficient (Wildman–Crippen LogP) is 3.77. The van der Waals surface area contributed by atoms with Crippen LogP contribution >= 0.6 is 11.6 Å². The summed E-state index contributed by atoms with van der Waals surface area (Å²) in [5.74, 6) is 1.58. The number of carbonyl (C=O) groups is 1. The van der Waals surface area contributed by atoms with Gasteiger partial charge in [0.1, 0.15) is 0 Å². The van der Waals surface area contributed by atoms with E-state index in [0.717, 1.165) is 41.7 Å². The minimum atomic E-state index is -0.257. The van der Waals surface area contributed by atoms with E-state index in [-0.39, 0.29) is 12.1 Å². The Morgan fingerprint density at radius 2 is 1.97 bits per heavy atom. The van der Waals surface area contributed by atoms with Gasteiger partial charge in [-0.3, -0.25) is 0 Å². The molecule has 0 aliphatic carbocycles. The second kappa shape index (κ2) is 9.25. The molecule has 1 saturated heterocycles. The summed E-state index contributed by atoms with van der Waals surface area (Å²) in [6.07, 6.45) is 1.91. The molecule has 33 heavy (non-hydrogen) atoms. The molecule has 8 nitrogen and oxygen atoms in total. The van der Waals surface area contributed by atoms with Crippen LogP contribution in [0.1, 0.15) is 5.56 Å². The molecule has 2 aliphatic heterocycles. The number of hydrogen-bond acceptors (Lipinski definition) is 6. The van der Waals surface area contributed by atoms with Crippen LogP contribution in [-0.2, 0) is 11.3 Å². The zero-order chi connectivity index (χ0) is 22.8. The fraction of sp³-hybridized carbons (Fsp3) is 0.292. The molecule has 1 aromatic heterocycles. The van der Waals surface area contributed by atoms with Gasteiger partial charge in [-0.25, -0.2) is 14.8 Å². The molecule has 3 heterocycles. The van der Waals surface area contributed by atoms with Gasteiger partial charge in [0.25, 0.3) is 0 Å². The molecule has 5 rings (SSSR count). The average molecular weight is 465 g/mol. The normalized spacial score (nSPS) is 17.2. The first-order chi connectivity index (χ1) is 16.1. The van der Waals surface area contributed by atoms with Crippen molar-refractivity contribution in [2.45, 2.75) is 12.6 Å². The number of fused-ring (bicyclic) bond motifs is 3. The molecule has 3 aromatic rings. The van der Waals surface area contributed by atoms with Crippen LogP contribution < -0.4 is 20.4 Å². The Labute approximate surface area is 197 Å². The summed E-state index contributed by atoms with van der Waals surface area (Å²) in [5.41, 5.74) is 3.79. The number of nitrogens with zero attached hydrogens (tertiary/aromatic N) is 4. The number of nitrogens with one attached hydrogen (secondary N) is 2. The largest absolute Gasteiger partial charge is 0.377 e. The molecule has 1 unspecified atom stereocenters. The molecule has 1 fully saturated rings. The molecule has 0 spiro atoms. The van der Waals surface area contributed by atoms with Crippen molar-refractivity contribution in [2.24, 2.45) is 0 Å². The van der Waals surface area contributed by atoms with Crippen LogP contribution in [0.25, 0.3) is 11.4 Å². The van der Waals surface area contributed by atoms with Crippen LogP contribution in [-0.4, -0.2) is 55.4 Å². The highest BCUT2D eigenvalue weighted by molar-refractivity contribution is 6.30. The smallest absolute Gasteiger partial charge is 0.318 e. The molecular formula is C24H25ClN6O2. The van der Waals surface area contributed by atoms with E-state index in [1.54, 1.807) is 7.05 Å². The van der Waals surface area contributed by atoms with Gasteiger partial charge in [0, 0.05) is 43.0 Å². The van der Waals surface area contributed by atoms with Crippen molar-refractivity contribution in [1.82, 2.24) is 15.3 Å². The van der Waals surface area contributed by atoms with Gasteiger partial charge < -0.3 is 25.2 Å². The highest BCUT2D eigenvalue weighted by Gasteiger charge is 2.34. The Kier molecular flexibility index (Phi) is 6.02. The summed E-state index contributed by atoms with van der Waals surface area (Å²) in [6, 6.07) is 15.4. The van der Waals surface area contributed by atoms with Crippen molar-refractivity contribution >= 4 is 34.8 Å². The number of anilines is 3. The summed E-state index contributed by atoms with van der Waals surface area (Å²) in [5, 5.41) is 6.04. The maximum Gasteiger partial charge on any atom is 0.318 e. The number of urea groups is 1. The molecule has 2 aromatic carbocycles. The Bertz CT molecular complexity index is 1140. The zero-order valence-corrected chi connectivity index (χ0v) is 19.0. The summed E-state index contributed by atoms with van der Waals surface area (Å²) in [6.45, 7) is 3.76. The van der Waals surface area contributed by atoms with Crippen LogP contribution in [0.15, 0.2) is 54.7 Å². The molecule has 1 atom stereocenters. The second-order valence-electron chi connectivity index (χ2n) is 8.11. The summed E-state index contributed by atoms with van der Waals surface area (Å²) in [4.78, 5) is 25.8. The van der Waals surface area contributed by atoms with E-state index in [0.29, 0.717) is 24.7 Å². The lowest BCUT2D eigenvalue weighted by atomic mass is 10.1. The topological polar surface area (TPSA) is 82.6 Å². The number of morpholine rings is 1. The van der Waals surface area contributed by atoms with Gasteiger partial charge >= 0.3 is 6.03 Å². The number of carbonyl (C=O) groups excluding carboxylic acids is 1. The van der Waals surface area contributed by atoms with E-state index in [9.17, 15) is 4.79 Å². The predicted molar refractivity (Wildman–Crippen MR) is 130 cm³/mol. The van der Waals surface area contributed by atoms with Crippen LogP contribution in [0.2, 0.25) is 5.02 Å². The summed E-state index contributed by atoms with van der Waals surface area (Å²) >= 11 is 6.06. The Balaban J connectivity index is 1.45. The number of aromatic nitrogens is 2. The van der Waals surface area contributed by atoms with Gasteiger partial charge in [-0.05, 0) is 42.0 Å². The minimum absolute atomic E-state index is 0.237. The Morgan fingerprint density at radius 1 is 1.18 bits per heavy atom. The van der Waals surface area contributed by atoms with Gasteiger partial charge in [-0.1, -0.05) is 23.7 Å². The Morgan fingerprint density at radius 3 is 2.73 bits per heavy atom. The van der Waals surface area contributed by atoms with Crippen LogP contribution in [0.5, 0.6) is 0 Å². The number of ether oxygens (including phenoxy) is 1. The molecule has 2 N–H and O–H groups in total. The molecule has 0 saturated carbocycles. The SMILES string of the molecule is CNC(=O)Nc1ccc(-c2ncc3c(n2)N2CCOCC2CN3Cc2ccc(Cl)cc2)cc1. The third-order valence-corrected chi connectivity index (χ3v) is 6.19. The van der Waals surface area contributed by atoms with Crippen LogP contribution in [0.3, 0.4) is 0 Å². The van der Waals surface area contributed by atoms with Gasteiger partial charge in [-0.15, -0.1) is 0 Å². The molecule has 0 bridgehead atoms. The molecule has 2 aliphatic rings. The van der Waals surface area contributed by atoms with Crippen molar-refractivity contribution in [3.05, 3.63) is 65.3 Å². The van der Waals surface area contributed by atoms with Gasteiger partial charge in [-0.2, -0.15) is 0 Å². The molecular weight excluding hydrogens is 440 g/mol. The first-order valence-corrected chi connectivity index (χ1v) is 11.3. The van der Waals surface area contributed by atoms with Gasteiger partial charge in [0.2, 0.25) is 0 Å². The lowest BCUT2D eigenvalue weighted by Gasteiger charge is -2.45. The zero-order valence-electron chi connectivity index (χ0n) is 18.3. The highest BCUT2D eigenvalue weighted by Crippen LogP contribution is 2.36. The minimum Gasteiger partial charge on any atom is -0.377 e. The fourth-order valence-corrected chi connectivity index (χ4v) is 4.36. The maximum absolute atomic E-state index is 11.5. The standard InChI is InChI=1S/C24H25ClN6O2/c1-26-24(32)28-19-8-4-17(5-9-19)22-27-12-21-23(29-22)31-10-11-33-15-20(31)14-30(21)13-16-2-6-18(25)7-3-16/h2-9,12,20H,10-11,13-15H2,1H3,(H2,26,28,32). The number of hydrogen-bond donors (Lipinski definition) is 2. The average Bonchev–Trinajstić information content (AvgIpc) is 2.85. The molecule has 2 amide bonds. The van der Waals surface area contributed by atoms with E-state index in [2.05, 4.69) is 37.6 Å². The third kappa shape index (κ3) is 4.58. The van der Waals surface area contributed by atoms with Gasteiger partial charge in [0.05, 0.1) is 31.1 Å². The summed E-state index contributed by atoms with van der Waals surface area (Å²) < 4.78 is 5.77. The fourth-order valence-electron chi connectivity index (χ4n) is 4.23. The molecule has 0 radical (unpaired) electrons. The highest BCUT2D eigenvalue weighted by atomic mass is 35.5. The maximum atomic E-state index is 11.5. The number of halogens is 1. The quantitative estimate of drug-likeness (QED) is 0.611. The van der Waals surface area contributed by atoms with E-state index in [1.807, 2.05) is 42.6 Å². The first-order valence-electron chi connectivity index (χ1n) is 10.9. The molecule has 170 valence electrons. The number of benzene rings is 2. The van der Waals surface area contributed by atoms with Gasteiger partial charge in [0.15, 0.2) is 11.6 Å². The van der Waals surface area contributed by atoms with Crippen molar-refractivity contribution < 1.29 is 9.53 Å². The first kappa shape index (κ1) is 21.5. The van der Waals surface area contributed by atoms with E-state index in [4.69, 9.17) is 21.3 Å². The number of rotatable bonds is 4. The van der Waals surface area contributed by atoms with Crippen molar-refractivity contribution in [1.29, 1.82) is 0 Å². The third-order valence-electron chi connectivity index (χ3n) is 5.94. The Hall–Kier alpha value is -3.36. The molecule has 9 heteroatoms. The summed E-state index contributed by atoms with van der Waals surface area (Å²) in [7, 11) is 1.58. The lowest BCUT2D eigenvalue weighted by molar-refractivity contribution is 0.0936. The van der Waals surface area contributed by atoms with Crippen molar-refractivity contribution in [3.63, 3.8) is 0 Å². The van der Waals surface area contributed by atoms with Crippen molar-refractivity contribution in [2.75, 3.05) is 48.5 Å². The van der Waals surface area contributed by atoms with Crippen molar-refractivity contribution in [3.8, 4) is 11.4 Å². The lowest BCUT2D eigenvalue weighted by Crippen LogP contribution is -2.55. The number of amides is 2. The van der Waals surface area contributed by atoms with Crippen LogP contribution in [0, 0.1) is 0 Å². The van der Waals surface area contributed by atoms with E-state index < -0.39 is 0 Å². The van der Waals surface area contributed by atoms with E-state index in [1.165, 1.54) is 5.56 Å². The monoisotopic (exact) mass is 464 g/mol. The second-order valence-corrected chi connectivity index (χ2v) is 8.55.